The van der Waals surface area contributed by atoms with Gasteiger partial charge in [0.2, 0.25) is 0 Å². The van der Waals surface area contributed by atoms with Crippen LogP contribution in [0.3, 0.4) is 0 Å². The van der Waals surface area contributed by atoms with E-state index in [1.165, 1.54) is 5.56 Å². The van der Waals surface area contributed by atoms with E-state index in [0.717, 1.165) is 26.3 Å². The molecule has 1 aromatic carbocycles. The van der Waals surface area contributed by atoms with Crippen molar-refractivity contribution in [2.45, 2.75) is 13.5 Å². The Balaban J connectivity index is 1.90. The first kappa shape index (κ1) is 14.0. The van der Waals surface area contributed by atoms with E-state index in [1.807, 2.05) is 24.3 Å². The highest BCUT2D eigenvalue weighted by Crippen LogP contribution is 2.27. The first-order chi connectivity index (χ1) is 9.02. The topological polar surface area (TPSA) is 41.6 Å². The maximum Gasteiger partial charge on any atom is 0.251 e. The molecule has 0 bridgehead atoms. The summed E-state index contributed by atoms with van der Waals surface area (Å²) >= 11 is 0. The Morgan fingerprint density at radius 1 is 1.37 bits per heavy atom. The van der Waals surface area contributed by atoms with Crippen LogP contribution < -0.4 is 5.32 Å². The van der Waals surface area contributed by atoms with Gasteiger partial charge in [-0.2, -0.15) is 0 Å². The van der Waals surface area contributed by atoms with Crippen molar-refractivity contribution in [2.24, 2.45) is 5.41 Å². The van der Waals surface area contributed by atoms with Gasteiger partial charge in [-0.05, 0) is 24.7 Å². The van der Waals surface area contributed by atoms with E-state index in [9.17, 15) is 4.79 Å². The van der Waals surface area contributed by atoms with Crippen molar-refractivity contribution in [2.75, 3.05) is 33.9 Å². The molecule has 1 aromatic rings. The molecule has 104 valence electrons. The summed E-state index contributed by atoms with van der Waals surface area (Å²) in [6.45, 7) is 5.88. The lowest BCUT2D eigenvalue weighted by atomic mass is 9.88. The molecule has 1 saturated heterocycles. The van der Waals surface area contributed by atoms with Crippen molar-refractivity contribution in [1.29, 1.82) is 0 Å². The number of amides is 1. The van der Waals surface area contributed by atoms with Crippen molar-refractivity contribution in [1.82, 2.24) is 10.2 Å². The molecular weight excluding hydrogens is 240 g/mol. The Morgan fingerprint density at radius 3 is 2.47 bits per heavy atom. The second-order valence-corrected chi connectivity index (χ2v) is 5.75. The van der Waals surface area contributed by atoms with Crippen molar-refractivity contribution >= 4 is 5.91 Å². The molecule has 0 spiro atoms. The van der Waals surface area contributed by atoms with Crippen LogP contribution in [0.2, 0.25) is 0 Å². The predicted molar refractivity (Wildman–Crippen MR) is 75.1 cm³/mol. The van der Waals surface area contributed by atoms with E-state index >= 15 is 0 Å². The summed E-state index contributed by atoms with van der Waals surface area (Å²) in [5.74, 6) is -0.0426. The molecule has 0 atom stereocenters. The second-order valence-electron chi connectivity index (χ2n) is 5.75. The number of nitrogens with zero attached hydrogens (tertiary/aromatic N) is 1. The van der Waals surface area contributed by atoms with Gasteiger partial charge in [-0.3, -0.25) is 4.79 Å². The molecular formula is C15H22N2O2. The molecule has 1 aliphatic heterocycles. The molecule has 0 aliphatic carbocycles. The van der Waals surface area contributed by atoms with Crippen molar-refractivity contribution in [3.63, 3.8) is 0 Å². The summed E-state index contributed by atoms with van der Waals surface area (Å²) in [5, 5.41) is 2.62. The highest BCUT2D eigenvalue weighted by atomic mass is 16.5. The number of ether oxygens (including phenoxy) is 1. The minimum absolute atomic E-state index is 0.0426. The maximum absolute atomic E-state index is 11.4. The minimum atomic E-state index is -0.0426. The Morgan fingerprint density at radius 2 is 2.00 bits per heavy atom. The third-order valence-electron chi connectivity index (χ3n) is 3.45. The van der Waals surface area contributed by atoms with Crippen LogP contribution in [0.15, 0.2) is 24.3 Å². The first-order valence-electron chi connectivity index (χ1n) is 6.60. The standard InChI is InChI=1S/C15H22N2O2/c1-15(10-19-11-15)9-17(3)8-12-4-6-13(7-5-12)14(18)16-2/h4-7H,8-11H2,1-3H3,(H,16,18). The smallest absolute Gasteiger partial charge is 0.251 e. The lowest BCUT2D eigenvalue weighted by Gasteiger charge is -2.40. The van der Waals surface area contributed by atoms with Gasteiger partial charge in [0, 0.05) is 31.1 Å². The Labute approximate surface area is 114 Å². The zero-order chi connectivity index (χ0) is 13.9. The molecule has 19 heavy (non-hydrogen) atoms. The van der Waals surface area contributed by atoms with Gasteiger partial charge in [0.05, 0.1) is 13.2 Å². The SMILES string of the molecule is CNC(=O)c1ccc(CN(C)CC2(C)COC2)cc1. The average Bonchev–Trinajstić information content (AvgIpc) is 2.36. The summed E-state index contributed by atoms with van der Waals surface area (Å²) in [6.07, 6.45) is 0. The van der Waals surface area contributed by atoms with Crippen LogP contribution >= 0.6 is 0 Å². The third kappa shape index (κ3) is 3.55. The fraction of sp³-hybridized carbons (Fsp3) is 0.533. The van der Waals surface area contributed by atoms with Crippen LogP contribution in [0.4, 0.5) is 0 Å². The van der Waals surface area contributed by atoms with Gasteiger partial charge in [-0.25, -0.2) is 0 Å². The summed E-state index contributed by atoms with van der Waals surface area (Å²) < 4.78 is 5.27. The lowest BCUT2D eigenvalue weighted by molar-refractivity contribution is -0.113. The summed E-state index contributed by atoms with van der Waals surface area (Å²) in [5.41, 5.74) is 2.23. The molecule has 1 aliphatic rings. The largest absolute Gasteiger partial charge is 0.380 e. The van der Waals surface area contributed by atoms with Crippen molar-refractivity contribution < 1.29 is 9.53 Å². The fourth-order valence-electron chi connectivity index (χ4n) is 2.47. The minimum Gasteiger partial charge on any atom is -0.380 e. The Kier molecular flexibility index (Phi) is 4.22. The molecule has 1 N–H and O–H groups in total. The highest BCUT2D eigenvalue weighted by Gasteiger charge is 2.34. The van der Waals surface area contributed by atoms with Gasteiger partial charge in [-0.15, -0.1) is 0 Å². The van der Waals surface area contributed by atoms with Crippen molar-refractivity contribution in [3.05, 3.63) is 35.4 Å². The van der Waals surface area contributed by atoms with E-state index in [-0.39, 0.29) is 5.91 Å². The fourth-order valence-corrected chi connectivity index (χ4v) is 2.47. The first-order valence-corrected chi connectivity index (χ1v) is 6.60. The van der Waals surface area contributed by atoms with Crippen LogP contribution in [0.25, 0.3) is 0 Å². The van der Waals surface area contributed by atoms with Crippen LogP contribution in [-0.2, 0) is 11.3 Å². The molecule has 1 fully saturated rings. The number of hydrogen-bond donors (Lipinski definition) is 1. The molecule has 0 saturated carbocycles. The number of benzene rings is 1. The van der Waals surface area contributed by atoms with Crippen LogP contribution in [0.5, 0.6) is 0 Å². The number of nitrogens with one attached hydrogen (secondary N) is 1. The third-order valence-corrected chi connectivity index (χ3v) is 3.45. The summed E-state index contributed by atoms with van der Waals surface area (Å²) in [7, 11) is 3.77. The van der Waals surface area contributed by atoms with Crippen LogP contribution in [0, 0.1) is 5.41 Å². The van der Waals surface area contributed by atoms with Gasteiger partial charge < -0.3 is 15.0 Å². The Hall–Kier alpha value is -1.39. The van der Waals surface area contributed by atoms with E-state index in [2.05, 4.69) is 24.2 Å². The van der Waals surface area contributed by atoms with Crippen LogP contribution in [-0.4, -0.2) is 44.7 Å². The van der Waals surface area contributed by atoms with E-state index < -0.39 is 0 Å². The monoisotopic (exact) mass is 262 g/mol. The van der Waals surface area contributed by atoms with E-state index in [0.29, 0.717) is 11.0 Å². The van der Waals surface area contributed by atoms with Gasteiger partial charge in [0.25, 0.3) is 5.91 Å². The van der Waals surface area contributed by atoms with E-state index in [4.69, 9.17) is 4.74 Å². The molecule has 1 heterocycles. The zero-order valence-corrected chi connectivity index (χ0v) is 11.9. The molecule has 0 radical (unpaired) electrons. The average molecular weight is 262 g/mol. The van der Waals surface area contributed by atoms with Gasteiger partial charge in [0.1, 0.15) is 0 Å². The van der Waals surface area contributed by atoms with Crippen LogP contribution in [0.1, 0.15) is 22.8 Å². The molecule has 0 aromatic heterocycles. The number of rotatable bonds is 5. The Bertz CT molecular complexity index is 438. The van der Waals surface area contributed by atoms with Gasteiger partial charge in [0.15, 0.2) is 0 Å². The van der Waals surface area contributed by atoms with E-state index in [1.54, 1.807) is 7.05 Å². The van der Waals surface area contributed by atoms with Gasteiger partial charge >= 0.3 is 0 Å². The van der Waals surface area contributed by atoms with Crippen molar-refractivity contribution in [3.8, 4) is 0 Å². The molecule has 0 unspecified atom stereocenters. The number of carbonyl (C=O) groups is 1. The lowest BCUT2D eigenvalue weighted by Crippen LogP contribution is -2.47. The second kappa shape index (κ2) is 5.72. The molecule has 2 rings (SSSR count). The quantitative estimate of drug-likeness (QED) is 0.874. The maximum atomic E-state index is 11.4. The zero-order valence-electron chi connectivity index (χ0n) is 11.9. The predicted octanol–water partition coefficient (Wildman–Crippen LogP) is 1.51. The molecule has 1 amide bonds. The summed E-state index contributed by atoms with van der Waals surface area (Å²) in [4.78, 5) is 13.7. The normalized spacial score (nSPS) is 17.1. The highest BCUT2D eigenvalue weighted by molar-refractivity contribution is 5.93. The number of carbonyl (C=O) groups excluding carboxylic acids is 1. The van der Waals surface area contributed by atoms with Gasteiger partial charge in [-0.1, -0.05) is 19.1 Å². The molecule has 4 nitrogen and oxygen atoms in total. The molecule has 4 heteroatoms. The summed E-state index contributed by atoms with van der Waals surface area (Å²) in [6, 6.07) is 7.77. The number of hydrogen-bond acceptors (Lipinski definition) is 3.